The average molecular weight is 406 g/mol. The summed E-state index contributed by atoms with van der Waals surface area (Å²) in [5.41, 5.74) is 4.80. The SMILES string of the molecule is Cc1ccc2c(c1)c1cc(C)ccc1n2-c1ccnc(-c2cc(C(F)(F)F)[nH]n2)c1. The molecule has 0 atom stereocenters. The van der Waals surface area contributed by atoms with E-state index in [-0.39, 0.29) is 5.69 Å². The van der Waals surface area contributed by atoms with Crippen LogP contribution in [0.1, 0.15) is 16.8 Å². The van der Waals surface area contributed by atoms with Gasteiger partial charge in [-0.3, -0.25) is 10.1 Å². The van der Waals surface area contributed by atoms with Crippen LogP contribution in [0.15, 0.2) is 60.8 Å². The number of aromatic nitrogens is 4. The summed E-state index contributed by atoms with van der Waals surface area (Å²) in [6.45, 7) is 4.11. The van der Waals surface area contributed by atoms with E-state index in [0.717, 1.165) is 44.7 Å². The Morgan fingerprint density at radius 1 is 0.800 bits per heavy atom. The van der Waals surface area contributed by atoms with Crippen molar-refractivity contribution >= 4 is 21.8 Å². The van der Waals surface area contributed by atoms with Gasteiger partial charge in [-0.2, -0.15) is 18.3 Å². The predicted octanol–water partition coefficient (Wildman–Crippen LogP) is 6.20. The number of nitrogens with zero attached hydrogens (tertiary/aromatic N) is 3. The first-order valence-electron chi connectivity index (χ1n) is 9.42. The summed E-state index contributed by atoms with van der Waals surface area (Å²) in [5.74, 6) is 0. The van der Waals surface area contributed by atoms with Crippen molar-refractivity contribution in [2.24, 2.45) is 0 Å². The largest absolute Gasteiger partial charge is 0.432 e. The van der Waals surface area contributed by atoms with Gasteiger partial charge in [0.05, 0.1) is 16.7 Å². The van der Waals surface area contributed by atoms with Gasteiger partial charge >= 0.3 is 6.18 Å². The molecule has 5 rings (SSSR count). The van der Waals surface area contributed by atoms with Gasteiger partial charge in [-0.1, -0.05) is 23.3 Å². The molecule has 2 aromatic carbocycles. The van der Waals surface area contributed by atoms with E-state index in [9.17, 15) is 13.2 Å². The maximum Gasteiger partial charge on any atom is 0.432 e. The maximum absolute atomic E-state index is 12.9. The second kappa shape index (κ2) is 6.45. The molecule has 0 radical (unpaired) electrons. The lowest BCUT2D eigenvalue weighted by Crippen LogP contribution is -2.04. The summed E-state index contributed by atoms with van der Waals surface area (Å²) in [7, 11) is 0. The number of rotatable bonds is 2. The molecule has 0 saturated heterocycles. The molecular formula is C23H17F3N4. The molecule has 5 aromatic rings. The number of nitrogens with one attached hydrogen (secondary N) is 1. The fourth-order valence-corrected chi connectivity index (χ4v) is 3.83. The molecule has 0 amide bonds. The van der Waals surface area contributed by atoms with Gasteiger partial charge in [-0.05, 0) is 56.3 Å². The summed E-state index contributed by atoms with van der Waals surface area (Å²) < 4.78 is 40.9. The number of fused-ring (bicyclic) bond motifs is 3. The van der Waals surface area contributed by atoms with Gasteiger partial charge < -0.3 is 4.57 Å². The third-order valence-electron chi connectivity index (χ3n) is 5.22. The standard InChI is InChI=1S/C23H17F3N4/c1-13-3-5-20-16(9-13)17-10-14(2)4-6-21(17)30(20)15-7-8-27-18(11-15)19-12-22(29-28-19)23(24,25)26/h3-12H,1-2H3,(H,28,29). The first kappa shape index (κ1) is 18.4. The summed E-state index contributed by atoms with van der Waals surface area (Å²) in [5, 5.41) is 8.12. The Kier molecular flexibility index (Phi) is 3.96. The molecule has 4 nitrogen and oxygen atoms in total. The van der Waals surface area contributed by atoms with Crippen LogP contribution in [0.2, 0.25) is 0 Å². The van der Waals surface area contributed by atoms with Crippen LogP contribution in [0.5, 0.6) is 0 Å². The highest BCUT2D eigenvalue weighted by Crippen LogP contribution is 2.34. The highest BCUT2D eigenvalue weighted by molar-refractivity contribution is 6.09. The lowest BCUT2D eigenvalue weighted by molar-refractivity contribution is -0.141. The van der Waals surface area contributed by atoms with E-state index in [1.807, 2.05) is 11.2 Å². The van der Waals surface area contributed by atoms with E-state index in [2.05, 4.69) is 64.9 Å². The van der Waals surface area contributed by atoms with Crippen molar-refractivity contribution < 1.29 is 13.2 Å². The van der Waals surface area contributed by atoms with Gasteiger partial charge in [0.1, 0.15) is 11.4 Å². The number of aromatic amines is 1. The number of halogens is 3. The van der Waals surface area contributed by atoms with Crippen LogP contribution in [0.3, 0.4) is 0 Å². The summed E-state index contributed by atoms with van der Waals surface area (Å²) in [6, 6.07) is 17.1. The predicted molar refractivity (Wildman–Crippen MR) is 111 cm³/mol. The molecule has 3 aromatic heterocycles. The number of hydrogen-bond acceptors (Lipinski definition) is 2. The van der Waals surface area contributed by atoms with Gasteiger partial charge in [-0.15, -0.1) is 0 Å². The maximum atomic E-state index is 12.9. The zero-order valence-electron chi connectivity index (χ0n) is 16.2. The van der Waals surface area contributed by atoms with E-state index < -0.39 is 11.9 Å². The lowest BCUT2D eigenvalue weighted by Gasteiger charge is -2.09. The van der Waals surface area contributed by atoms with Crippen LogP contribution >= 0.6 is 0 Å². The Morgan fingerprint density at radius 2 is 1.43 bits per heavy atom. The van der Waals surface area contributed by atoms with Crippen molar-refractivity contribution in [3.05, 3.63) is 77.6 Å². The molecule has 0 bridgehead atoms. The topological polar surface area (TPSA) is 46.5 Å². The minimum Gasteiger partial charge on any atom is -0.309 e. The van der Waals surface area contributed by atoms with Crippen molar-refractivity contribution in [1.29, 1.82) is 0 Å². The van der Waals surface area contributed by atoms with Crippen LogP contribution in [0.25, 0.3) is 38.9 Å². The summed E-state index contributed by atoms with van der Waals surface area (Å²) >= 11 is 0. The number of hydrogen-bond donors (Lipinski definition) is 1. The molecule has 0 unspecified atom stereocenters. The quantitative estimate of drug-likeness (QED) is 0.379. The fraction of sp³-hybridized carbons (Fsp3) is 0.130. The van der Waals surface area contributed by atoms with Crippen molar-refractivity contribution in [3.8, 4) is 17.1 Å². The van der Waals surface area contributed by atoms with E-state index in [4.69, 9.17) is 0 Å². The van der Waals surface area contributed by atoms with Crippen LogP contribution in [-0.2, 0) is 6.18 Å². The minimum absolute atomic E-state index is 0.150. The first-order chi connectivity index (χ1) is 14.3. The molecule has 0 aliphatic rings. The smallest absolute Gasteiger partial charge is 0.309 e. The Morgan fingerprint density at radius 3 is 2.00 bits per heavy atom. The van der Waals surface area contributed by atoms with Gasteiger partial charge in [0.2, 0.25) is 0 Å². The highest BCUT2D eigenvalue weighted by atomic mass is 19.4. The number of H-pyrrole nitrogens is 1. The molecule has 150 valence electrons. The number of pyridine rings is 1. The third kappa shape index (κ3) is 2.94. The van der Waals surface area contributed by atoms with Gasteiger partial charge in [0, 0.05) is 22.7 Å². The molecule has 0 aliphatic heterocycles. The van der Waals surface area contributed by atoms with Gasteiger partial charge in [-0.25, -0.2) is 0 Å². The molecule has 1 N–H and O–H groups in total. The fourth-order valence-electron chi connectivity index (χ4n) is 3.83. The van der Waals surface area contributed by atoms with Gasteiger partial charge in [0.25, 0.3) is 0 Å². The average Bonchev–Trinajstić information content (AvgIpc) is 3.31. The van der Waals surface area contributed by atoms with Crippen molar-refractivity contribution in [3.63, 3.8) is 0 Å². The number of alkyl halides is 3. The Labute approximate surface area is 170 Å². The second-order valence-electron chi connectivity index (χ2n) is 7.44. The van der Waals surface area contributed by atoms with E-state index in [1.165, 1.54) is 0 Å². The molecular weight excluding hydrogens is 389 g/mol. The van der Waals surface area contributed by atoms with Crippen LogP contribution in [0.4, 0.5) is 13.2 Å². The summed E-state index contributed by atoms with van der Waals surface area (Å²) in [6.07, 6.45) is -2.89. The summed E-state index contributed by atoms with van der Waals surface area (Å²) in [4.78, 5) is 4.24. The second-order valence-corrected chi connectivity index (χ2v) is 7.44. The first-order valence-corrected chi connectivity index (χ1v) is 9.42. The number of aryl methyl sites for hydroxylation is 2. The zero-order chi connectivity index (χ0) is 21.0. The lowest BCUT2D eigenvalue weighted by atomic mass is 10.1. The van der Waals surface area contributed by atoms with Crippen molar-refractivity contribution in [1.82, 2.24) is 19.7 Å². The van der Waals surface area contributed by atoms with Crippen LogP contribution in [0, 0.1) is 13.8 Å². The van der Waals surface area contributed by atoms with Crippen LogP contribution < -0.4 is 0 Å². The molecule has 30 heavy (non-hydrogen) atoms. The highest BCUT2D eigenvalue weighted by Gasteiger charge is 2.33. The van der Waals surface area contributed by atoms with Crippen LogP contribution in [-0.4, -0.2) is 19.7 Å². The Hall–Kier alpha value is -3.61. The molecule has 7 heteroatoms. The van der Waals surface area contributed by atoms with Crippen molar-refractivity contribution in [2.75, 3.05) is 0 Å². The monoisotopic (exact) mass is 406 g/mol. The Bertz CT molecular complexity index is 1350. The van der Waals surface area contributed by atoms with E-state index in [1.54, 1.807) is 12.3 Å². The molecule has 3 heterocycles. The van der Waals surface area contributed by atoms with Crippen molar-refractivity contribution in [2.45, 2.75) is 20.0 Å². The van der Waals surface area contributed by atoms with E-state index >= 15 is 0 Å². The molecule has 0 spiro atoms. The molecule has 0 saturated carbocycles. The van der Waals surface area contributed by atoms with E-state index in [0.29, 0.717) is 5.69 Å². The number of benzene rings is 2. The minimum atomic E-state index is -4.48. The zero-order valence-corrected chi connectivity index (χ0v) is 16.2. The molecule has 0 fully saturated rings. The third-order valence-corrected chi connectivity index (χ3v) is 5.22. The van der Waals surface area contributed by atoms with Gasteiger partial charge in [0.15, 0.2) is 0 Å². The Balaban J connectivity index is 1.73. The molecule has 0 aliphatic carbocycles. The normalized spacial score (nSPS) is 12.2.